The molecule has 1 aliphatic rings. The van der Waals surface area contributed by atoms with Crippen molar-refractivity contribution in [2.24, 2.45) is 0 Å². The Labute approximate surface area is 127 Å². The molecule has 0 saturated carbocycles. The summed E-state index contributed by atoms with van der Waals surface area (Å²) in [6.07, 6.45) is 0. The molecule has 1 saturated heterocycles. The Kier molecular flexibility index (Phi) is 5.01. The number of carbonyl (C=O) groups excluding carboxylic acids is 1. The van der Waals surface area contributed by atoms with Gasteiger partial charge in [-0.2, -0.15) is 0 Å². The number of carbonyl (C=O) groups is 1. The fourth-order valence-corrected chi connectivity index (χ4v) is 2.30. The summed E-state index contributed by atoms with van der Waals surface area (Å²) in [4.78, 5) is 13.8. The molecule has 1 fully saturated rings. The van der Waals surface area contributed by atoms with E-state index in [2.05, 4.69) is 43.4 Å². The number of nitrogens with one attached hydrogen (secondary N) is 1. The number of ether oxygens (including phenoxy) is 1. The second-order valence-electron chi connectivity index (χ2n) is 6.49. The number of rotatable bonds is 6. The standard InChI is InChI=1S/C17H26N2O2/c1-13(2)15-7-5-14(6-8-15)9-19(4)16(20)10-21-17(3)11-18-12-17/h5-8,13,18H,9-12H2,1-4H3. The number of amides is 1. The third kappa shape index (κ3) is 4.29. The molecule has 0 aliphatic carbocycles. The molecule has 0 spiro atoms. The highest BCUT2D eigenvalue weighted by Gasteiger charge is 2.33. The largest absolute Gasteiger partial charge is 0.363 e. The molecule has 116 valence electrons. The quantitative estimate of drug-likeness (QED) is 0.873. The monoisotopic (exact) mass is 290 g/mol. The normalized spacial score (nSPS) is 16.6. The molecular weight excluding hydrogens is 264 g/mol. The third-order valence-corrected chi connectivity index (χ3v) is 4.03. The van der Waals surface area contributed by atoms with Gasteiger partial charge >= 0.3 is 0 Å². The van der Waals surface area contributed by atoms with Gasteiger partial charge in [0.2, 0.25) is 5.91 Å². The summed E-state index contributed by atoms with van der Waals surface area (Å²) in [6.45, 7) is 8.80. The van der Waals surface area contributed by atoms with Gasteiger partial charge in [-0.1, -0.05) is 38.1 Å². The molecule has 1 amide bonds. The number of nitrogens with zero attached hydrogens (tertiary/aromatic N) is 1. The van der Waals surface area contributed by atoms with Crippen LogP contribution >= 0.6 is 0 Å². The van der Waals surface area contributed by atoms with Gasteiger partial charge < -0.3 is 15.0 Å². The summed E-state index contributed by atoms with van der Waals surface area (Å²) in [7, 11) is 1.82. The topological polar surface area (TPSA) is 41.6 Å². The second kappa shape index (κ2) is 6.58. The minimum atomic E-state index is -0.171. The van der Waals surface area contributed by atoms with Gasteiger partial charge in [-0.3, -0.25) is 4.79 Å². The first-order chi connectivity index (χ1) is 9.89. The van der Waals surface area contributed by atoms with Crippen LogP contribution in [0.1, 0.15) is 37.8 Å². The molecule has 21 heavy (non-hydrogen) atoms. The molecule has 0 unspecified atom stereocenters. The van der Waals surface area contributed by atoms with Crippen molar-refractivity contribution in [1.29, 1.82) is 0 Å². The van der Waals surface area contributed by atoms with Crippen LogP contribution in [-0.2, 0) is 16.1 Å². The molecule has 4 heteroatoms. The van der Waals surface area contributed by atoms with E-state index in [1.165, 1.54) is 5.56 Å². The summed E-state index contributed by atoms with van der Waals surface area (Å²) in [5.74, 6) is 0.555. The van der Waals surface area contributed by atoms with Gasteiger partial charge in [0.15, 0.2) is 0 Å². The van der Waals surface area contributed by atoms with E-state index in [1.54, 1.807) is 4.90 Å². The molecule has 1 aliphatic heterocycles. The van der Waals surface area contributed by atoms with E-state index >= 15 is 0 Å². The third-order valence-electron chi connectivity index (χ3n) is 4.03. The summed E-state index contributed by atoms with van der Waals surface area (Å²) in [5.41, 5.74) is 2.29. The minimum absolute atomic E-state index is 0.0241. The van der Waals surface area contributed by atoms with E-state index < -0.39 is 0 Å². The number of likely N-dealkylation sites (N-methyl/N-ethyl adjacent to an activating group) is 1. The first-order valence-corrected chi connectivity index (χ1v) is 7.57. The zero-order chi connectivity index (χ0) is 15.5. The zero-order valence-electron chi connectivity index (χ0n) is 13.5. The second-order valence-corrected chi connectivity index (χ2v) is 6.49. The highest BCUT2D eigenvalue weighted by molar-refractivity contribution is 5.77. The summed E-state index contributed by atoms with van der Waals surface area (Å²) < 4.78 is 5.68. The number of hydrogen-bond acceptors (Lipinski definition) is 3. The van der Waals surface area contributed by atoms with Crippen LogP contribution in [0.4, 0.5) is 0 Å². The van der Waals surface area contributed by atoms with Crippen LogP contribution in [0.15, 0.2) is 24.3 Å². The van der Waals surface area contributed by atoms with Crippen molar-refractivity contribution >= 4 is 5.91 Å². The van der Waals surface area contributed by atoms with Crippen molar-refractivity contribution in [1.82, 2.24) is 10.2 Å². The summed E-state index contributed by atoms with van der Waals surface area (Å²) in [6, 6.07) is 8.46. The molecule has 0 aromatic heterocycles. The lowest BCUT2D eigenvalue weighted by molar-refractivity contribution is -0.145. The number of benzene rings is 1. The molecule has 1 heterocycles. The fourth-order valence-electron chi connectivity index (χ4n) is 2.30. The smallest absolute Gasteiger partial charge is 0.248 e. The first kappa shape index (κ1) is 16.0. The molecule has 1 aromatic rings. The van der Waals surface area contributed by atoms with E-state index in [0.29, 0.717) is 12.5 Å². The van der Waals surface area contributed by atoms with Crippen molar-refractivity contribution in [3.8, 4) is 0 Å². The van der Waals surface area contributed by atoms with E-state index in [0.717, 1.165) is 18.7 Å². The van der Waals surface area contributed by atoms with Crippen molar-refractivity contribution in [3.63, 3.8) is 0 Å². The SMILES string of the molecule is CC(C)c1ccc(CN(C)C(=O)COC2(C)CNC2)cc1. The highest BCUT2D eigenvalue weighted by atomic mass is 16.5. The van der Waals surface area contributed by atoms with Crippen molar-refractivity contribution in [3.05, 3.63) is 35.4 Å². The zero-order valence-corrected chi connectivity index (χ0v) is 13.5. The summed E-state index contributed by atoms with van der Waals surface area (Å²) >= 11 is 0. The lowest BCUT2D eigenvalue weighted by atomic mass is 10.0. The Hall–Kier alpha value is -1.39. The van der Waals surface area contributed by atoms with Crippen LogP contribution in [0.2, 0.25) is 0 Å². The van der Waals surface area contributed by atoms with Crippen molar-refractivity contribution < 1.29 is 9.53 Å². The fraction of sp³-hybridized carbons (Fsp3) is 0.588. The van der Waals surface area contributed by atoms with Gasteiger partial charge in [-0.15, -0.1) is 0 Å². The van der Waals surface area contributed by atoms with Gasteiger partial charge in [0, 0.05) is 26.7 Å². The Morgan fingerprint density at radius 2 is 1.95 bits per heavy atom. The maximum absolute atomic E-state index is 12.1. The van der Waals surface area contributed by atoms with Gasteiger partial charge in [-0.25, -0.2) is 0 Å². The van der Waals surface area contributed by atoms with Gasteiger partial charge in [0.05, 0.1) is 5.60 Å². The molecule has 0 bridgehead atoms. The lowest BCUT2D eigenvalue weighted by Crippen LogP contribution is -2.59. The predicted octanol–water partition coefficient (Wildman–Crippen LogP) is 2.15. The maximum Gasteiger partial charge on any atom is 0.248 e. The Balaban J connectivity index is 1.82. The van der Waals surface area contributed by atoms with Crippen LogP contribution in [0.25, 0.3) is 0 Å². The Morgan fingerprint density at radius 3 is 2.43 bits per heavy atom. The van der Waals surface area contributed by atoms with E-state index in [9.17, 15) is 4.79 Å². The van der Waals surface area contributed by atoms with Crippen molar-refractivity contribution in [2.45, 2.75) is 38.8 Å². The van der Waals surface area contributed by atoms with Crippen LogP contribution in [-0.4, -0.2) is 43.2 Å². The molecule has 1 aromatic carbocycles. The average Bonchev–Trinajstić information content (AvgIpc) is 2.43. The van der Waals surface area contributed by atoms with Crippen LogP contribution in [0.5, 0.6) is 0 Å². The van der Waals surface area contributed by atoms with Crippen molar-refractivity contribution in [2.75, 3.05) is 26.7 Å². The van der Waals surface area contributed by atoms with Gasteiger partial charge in [0.25, 0.3) is 0 Å². The highest BCUT2D eigenvalue weighted by Crippen LogP contribution is 2.17. The molecule has 0 radical (unpaired) electrons. The number of hydrogen-bond donors (Lipinski definition) is 1. The van der Waals surface area contributed by atoms with Crippen LogP contribution < -0.4 is 5.32 Å². The summed E-state index contributed by atoms with van der Waals surface area (Å²) in [5, 5.41) is 3.16. The van der Waals surface area contributed by atoms with Gasteiger partial charge in [0.1, 0.15) is 6.61 Å². The average molecular weight is 290 g/mol. The van der Waals surface area contributed by atoms with Crippen LogP contribution in [0.3, 0.4) is 0 Å². The maximum atomic E-state index is 12.1. The predicted molar refractivity (Wildman–Crippen MR) is 84.2 cm³/mol. The molecule has 2 rings (SSSR count). The van der Waals surface area contributed by atoms with E-state index in [4.69, 9.17) is 4.74 Å². The lowest BCUT2D eigenvalue weighted by Gasteiger charge is -2.39. The molecular formula is C17H26N2O2. The molecule has 0 atom stereocenters. The molecule has 1 N–H and O–H groups in total. The van der Waals surface area contributed by atoms with Crippen LogP contribution in [0, 0.1) is 0 Å². The Morgan fingerprint density at radius 1 is 1.33 bits per heavy atom. The van der Waals surface area contributed by atoms with E-state index in [1.807, 2.05) is 14.0 Å². The first-order valence-electron chi connectivity index (χ1n) is 7.57. The Bertz CT molecular complexity index is 478. The minimum Gasteiger partial charge on any atom is -0.363 e. The van der Waals surface area contributed by atoms with E-state index in [-0.39, 0.29) is 18.1 Å². The molecule has 4 nitrogen and oxygen atoms in total. The van der Waals surface area contributed by atoms with Gasteiger partial charge in [-0.05, 0) is 24.0 Å².